The smallest absolute Gasteiger partial charge is 0.355 e. The van der Waals surface area contributed by atoms with Crippen LogP contribution in [0, 0.1) is 20.2 Å². The van der Waals surface area contributed by atoms with Gasteiger partial charge in [-0.15, -0.1) is 0 Å². The van der Waals surface area contributed by atoms with Crippen LogP contribution in [0.4, 0.5) is 28.1 Å². The third-order valence-electron chi connectivity index (χ3n) is 4.66. The Morgan fingerprint density at radius 2 is 1.80 bits per heavy atom. The fourth-order valence-corrected chi connectivity index (χ4v) is 3.91. The number of nitro groups is 2. The number of hydrogen-bond donors (Lipinski definition) is 3. The number of benzene rings is 2. The van der Waals surface area contributed by atoms with E-state index >= 15 is 0 Å². The average Bonchev–Trinajstić information content (AvgIpc) is 3.24. The highest BCUT2D eigenvalue weighted by atomic mass is 32.1. The number of nitrogens with one attached hydrogen (secondary N) is 3. The van der Waals surface area contributed by atoms with Gasteiger partial charge in [-0.3, -0.25) is 35.9 Å². The fraction of sp³-hybridized carbons (Fsp3) is 0.100. The van der Waals surface area contributed by atoms with Crippen LogP contribution in [0.2, 0.25) is 0 Å². The first kappa shape index (κ1) is 23.2. The maximum Gasteiger partial charge on any atom is 0.355 e. The van der Waals surface area contributed by atoms with Crippen molar-refractivity contribution in [2.75, 3.05) is 17.9 Å². The van der Waals surface area contributed by atoms with Gasteiger partial charge in [0.25, 0.3) is 5.69 Å². The van der Waals surface area contributed by atoms with E-state index in [4.69, 9.17) is 4.74 Å². The first-order chi connectivity index (χ1) is 16.8. The number of hydrazine groups is 1. The summed E-state index contributed by atoms with van der Waals surface area (Å²) in [6.07, 6.45) is 0.973. The number of non-ortho nitro benzene ring substituents is 1. The van der Waals surface area contributed by atoms with E-state index in [0.29, 0.717) is 22.0 Å². The molecule has 0 bridgehead atoms. The minimum atomic E-state index is -0.691. The molecule has 0 aliphatic heterocycles. The second kappa shape index (κ2) is 9.92. The van der Waals surface area contributed by atoms with Gasteiger partial charge in [-0.2, -0.15) is 0 Å². The molecule has 0 aliphatic carbocycles. The van der Waals surface area contributed by atoms with Gasteiger partial charge in [0.1, 0.15) is 12.1 Å². The van der Waals surface area contributed by atoms with Gasteiger partial charge in [-0.1, -0.05) is 23.5 Å². The zero-order chi connectivity index (χ0) is 24.9. The number of carbonyl (C=O) groups is 1. The molecular formula is C20H16N8O6S. The molecule has 2 aromatic carbocycles. The molecule has 1 amide bonds. The summed E-state index contributed by atoms with van der Waals surface area (Å²) in [6.45, 7) is 0. The van der Waals surface area contributed by atoms with Gasteiger partial charge in [0, 0.05) is 12.1 Å². The highest BCUT2D eigenvalue weighted by molar-refractivity contribution is 7.22. The summed E-state index contributed by atoms with van der Waals surface area (Å²) in [5, 5.41) is 25.7. The minimum absolute atomic E-state index is 0.101. The molecule has 0 saturated carbocycles. The number of rotatable bonds is 9. The molecule has 0 unspecified atom stereocenters. The molecule has 0 aliphatic rings. The summed E-state index contributed by atoms with van der Waals surface area (Å²) >= 11 is 1.25. The summed E-state index contributed by atoms with van der Waals surface area (Å²) in [5.41, 5.74) is 5.36. The molecule has 15 heteroatoms. The predicted molar refractivity (Wildman–Crippen MR) is 127 cm³/mol. The molecule has 4 aromatic rings. The third-order valence-corrected chi connectivity index (χ3v) is 5.59. The number of aromatic nitrogens is 3. The number of anilines is 3. The molecule has 2 aromatic heterocycles. The number of nitrogens with zero attached hydrogens (tertiary/aromatic N) is 5. The maximum atomic E-state index is 12.3. The molecule has 14 nitrogen and oxygen atoms in total. The van der Waals surface area contributed by atoms with Crippen LogP contribution < -0.4 is 20.9 Å². The average molecular weight is 496 g/mol. The molecular weight excluding hydrogens is 480 g/mol. The minimum Gasteiger partial charge on any atom is -0.497 e. The van der Waals surface area contributed by atoms with Gasteiger partial charge in [0.15, 0.2) is 5.13 Å². The van der Waals surface area contributed by atoms with Crippen molar-refractivity contribution in [1.82, 2.24) is 20.4 Å². The summed E-state index contributed by atoms with van der Waals surface area (Å²) in [4.78, 5) is 45.7. The summed E-state index contributed by atoms with van der Waals surface area (Å²) < 4.78 is 6.00. The highest BCUT2D eigenvalue weighted by Gasteiger charge is 2.24. The number of nitro benzene ring substituents is 1. The second-order valence-electron chi connectivity index (χ2n) is 6.93. The predicted octanol–water partition coefficient (Wildman–Crippen LogP) is 3.34. The Labute approximate surface area is 200 Å². The van der Waals surface area contributed by atoms with E-state index in [0.717, 1.165) is 11.0 Å². The highest BCUT2D eigenvalue weighted by Crippen LogP contribution is 2.34. The lowest BCUT2D eigenvalue weighted by molar-refractivity contribution is -0.384. The molecule has 0 atom stereocenters. The zero-order valence-electron chi connectivity index (χ0n) is 17.9. The van der Waals surface area contributed by atoms with Crippen molar-refractivity contribution < 1.29 is 19.4 Å². The van der Waals surface area contributed by atoms with E-state index in [1.54, 1.807) is 25.3 Å². The third kappa shape index (κ3) is 5.36. The SMILES string of the molecule is COc1ccc2nc(Nc3ncnc(NNC(=O)Cc4ccc([N+](=O)[O-])cc4)c3[N+](=O)[O-])sc2c1. The van der Waals surface area contributed by atoms with Crippen LogP contribution in [0.1, 0.15) is 5.56 Å². The Kier molecular flexibility index (Phi) is 6.59. The lowest BCUT2D eigenvalue weighted by Crippen LogP contribution is -2.31. The van der Waals surface area contributed by atoms with Crippen LogP contribution in [0.3, 0.4) is 0 Å². The molecule has 35 heavy (non-hydrogen) atoms. The fourth-order valence-electron chi connectivity index (χ4n) is 3.02. The lowest BCUT2D eigenvalue weighted by Gasteiger charge is -2.10. The van der Waals surface area contributed by atoms with Crippen LogP contribution in [0.25, 0.3) is 10.2 Å². The van der Waals surface area contributed by atoms with Crippen molar-refractivity contribution in [3.8, 4) is 5.75 Å². The number of carbonyl (C=O) groups excluding carboxylic acids is 1. The van der Waals surface area contributed by atoms with Gasteiger partial charge in [0.05, 0.1) is 33.6 Å². The molecule has 3 N–H and O–H groups in total. The van der Waals surface area contributed by atoms with Crippen LogP contribution in [0.15, 0.2) is 48.8 Å². The van der Waals surface area contributed by atoms with Crippen molar-refractivity contribution in [2.24, 2.45) is 0 Å². The van der Waals surface area contributed by atoms with E-state index in [9.17, 15) is 25.0 Å². The molecule has 0 radical (unpaired) electrons. The van der Waals surface area contributed by atoms with E-state index in [1.807, 2.05) is 0 Å². The standard InChI is InChI=1S/C20H16N8O6S/c1-34-13-6-7-14-15(9-13)35-20(23-14)24-18-17(28(32)33)19(22-10-21-18)26-25-16(29)8-11-2-4-12(5-3-11)27(30)31/h2-7,9-10H,8H2,1H3,(H,25,29)(H2,21,22,23,24,26). The summed E-state index contributed by atoms with van der Waals surface area (Å²) in [5.74, 6) is -0.256. The van der Waals surface area contributed by atoms with Crippen molar-refractivity contribution >= 4 is 55.6 Å². The van der Waals surface area contributed by atoms with Crippen molar-refractivity contribution in [3.63, 3.8) is 0 Å². The van der Waals surface area contributed by atoms with E-state index in [2.05, 4.69) is 31.1 Å². The molecule has 0 spiro atoms. The molecule has 0 fully saturated rings. The molecule has 0 saturated heterocycles. The Hall–Kier alpha value is -4.92. The number of thiazole rings is 1. The van der Waals surface area contributed by atoms with Crippen molar-refractivity contribution in [3.05, 3.63) is 74.6 Å². The first-order valence-corrected chi connectivity index (χ1v) is 10.6. The van der Waals surface area contributed by atoms with Crippen molar-refractivity contribution in [1.29, 1.82) is 0 Å². The normalized spacial score (nSPS) is 10.5. The topological polar surface area (TPSA) is 187 Å². The summed E-state index contributed by atoms with van der Waals surface area (Å²) in [6, 6.07) is 10.8. The Balaban J connectivity index is 1.48. The quantitative estimate of drug-likeness (QED) is 0.228. The van der Waals surface area contributed by atoms with Crippen LogP contribution in [0.5, 0.6) is 5.75 Å². The molecule has 178 valence electrons. The van der Waals surface area contributed by atoms with Crippen LogP contribution in [-0.4, -0.2) is 37.8 Å². The van der Waals surface area contributed by atoms with E-state index in [-0.39, 0.29) is 23.7 Å². The Bertz CT molecular complexity index is 1430. The Morgan fingerprint density at radius 1 is 1.06 bits per heavy atom. The molecule has 2 heterocycles. The zero-order valence-corrected chi connectivity index (χ0v) is 18.7. The summed E-state index contributed by atoms with van der Waals surface area (Å²) in [7, 11) is 1.55. The van der Waals surface area contributed by atoms with Gasteiger partial charge < -0.3 is 10.1 Å². The number of ether oxygens (including phenoxy) is 1. The first-order valence-electron chi connectivity index (χ1n) is 9.83. The Morgan fingerprint density at radius 3 is 2.49 bits per heavy atom. The van der Waals surface area contributed by atoms with E-state index < -0.39 is 21.4 Å². The number of methoxy groups -OCH3 is 1. The monoisotopic (exact) mass is 496 g/mol. The van der Waals surface area contributed by atoms with Crippen LogP contribution in [-0.2, 0) is 11.2 Å². The molecule has 4 rings (SSSR count). The second-order valence-corrected chi connectivity index (χ2v) is 7.96. The number of fused-ring (bicyclic) bond motifs is 1. The number of hydrogen-bond acceptors (Lipinski definition) is 12. The van der Waals surface area contributed by atoms with Gasteiger partial charge in [-0.05, 0) is 23.8 Å². The maximum absolute atomic E-state index is 12.3. The van der Waals surface area contributed by atoms with Crippen LogP contribution >= 0.6 is 11.3 Å². The van der Waals surface area contributed by atoms with Crippen molar-refractivity contribution in [2.45, 2.75) is 6.42 Å². The van der Waals surface area contributed by atoms with E-state index in [1.165, 1.54) is 35.6 Å². The van der Waals surface area contributed by atoms with Gasteiger partial charge in [-0.25, -0.2) is 15.0 Å². The lowest BCUT2D eigenvalue weighted by atomic mass is 10.1. The largest absolute Gasteiger partial charge is 0.497 e. The van der Waals surface area contributed by atoms with Gasteiger partial charge in [0.2, 0.25) is 17.5 Å². The van der Waals surface area contributed by atoms with Gasteiger partial charge >= 0.3 is 5.69 Å². The number of amides is 1.